The van der Waals surface area contributed by atoms with Gasteiger partial charge in [-0.15, -0.1) is 0 Å². The summed E-state index contributed by atoms with van der Waals surface area (Å²) in [5.41, 5.74) is 8.49. The predicted molar refractivity (Wildman–Crippen MR) is 165 cm³/mol. The van der Waals surface area contributed by atoms with Crippen LogP contribution in [0.25, 0.3) is 22.6 Å². The van der Waals surface area contributed by atoms with Gasteiger partial charge < -0.3 is 9.30 Å². The summed E-state index contributed by atoms with van der Waals surface area (Å²) in [4.78, 5) is 7.86. The molecule has 0 saturated heterocycles. The minimum absolute atomic E-state index is 0.785. The van der Waals surface area contributed by atoms with Crippen molar-refractivity contribution < 1.29 is 4.74 Å². The van der Waals surface area contributed by atoms with Crippen LogP contribution in [-0.4, -0.2) is 21.6 Å². The first kappa shape index (κ1) is 27.4. The van der Waals surface area contributed by atoms with Crippen molar-refractivity contribution in [3.05, 3.63) is 132 Å². The Labute approximate surface area is 238 Å². The molecule has 4 aromatic carbocycles. The Balaban J connectivity index is 1.59. The van der Waals surface area contributed by atoms with E-state index in [1.165, 1.54) is 22.4 Å². The molecule has 0 bridgehead atoms. The van der Waals surface area contributed by atoms with Crippen molar-refractivity contribution in [3.63, 3.8) is 0 Å². The number of aromatic nitrogens is 2. The van der Waals surface area contributed by atoms with E-state index in [-0.39, 0.29) is 0 Å². The fraction of sp³-hybridized carbons (Fsp3) is 0.250. The molecular weight excluding hydrogens is 490 g/mol. The summed E-state index contributed by atoms with van der Waals surface area (Å²) >= 11 is 0. The molecule has 4 nitrogen and oxygen atoms in total. The number of hydrogen-bond donors (Lipinski definition) is 0. The number of ether oxygens (including phenoxy) is 1. The molecule has 1 heterocycles. The molecule has 0 unspecified atom stereocenters. The molecule has 0 atom stereocenters. The third-order valence-corrected chi connectivity index (χ3v) is 7.35. The fourth-order valence-electron chi connectivity index (χ4n) is 5.16. The van der Waals surface area contributed by atoms with Gasteiger partial charge in [-0.25, -0.2) is 4.98 Å². The Hall–Kier alpha value is -4.15. The summed E-state index contributed by atoms with van der Waals surface area (Å²) in [5, 5.41) is 0. The first-order chi connectivity index (χ1) is 19.6. The highest BCUT2D eigenvalue weighted by atomic mass is 16.5. The normalized spacial score (nSPS) is 11.2. The zero-order valence-corrected chi connectivity index (χ0v) is 23.9. The molecule has 0 aliphatic carbocycles. The molecule has 0 fully saturated rings. The standard InChI is InChI=1S/C36H39N3O/c1-4-5-24-39-34(35(31-12-8-6-9-13-31)37-36(39)32-14-10-7-11-15-32)27-38(25-29-18-16-28(2)17-19-29)26-30-20-22-33(40-3)23-21-30/h6-23H,4-5,24-27H2,1-3H3. The van der Waals surface area contributed by atoms with Gasteiger partial charge in [-0.1, -0.05) is 116 Å². The summed E-state index contributed by atoms with van der Waals surface area (Å²) in [6.45, 7) is 7.79. The number of imidazole rings is 1. The van der Waals surface area contributed by atoms with Crippen molar-refractivity contribution in [2.45, 2.75) is 52.9 Å². The molecule has 0 amide bonds. The topological polar surface area (TPSA) is 30.3 Å². The van der Waals surface area contributed by atoms with Crippen molar-refractivity contribution >= 4 is 0 Å². The first-order valence-corrected chi connectivity index (χ1v) is 14.3. The Bertz CT molecular complexity index is 1470. The van der Waals surface area contributed by atoms with Crippen LogP contribution in [0.2, 0.25) is 0 Å². The third kappa shape index (κ3) is 6.70. The Morgan fingerprint density at radius 2 is 1.27 bits per heavy atom. The quantitative estimate of drug-likeness (QED) is 0.162. The van der Waals surface area contributed by atoms with Crippen LogP contribution in [0.15, 0.2) is 109 Å². The van der Waals surface area contributed by atoms with Gasteiger partial charge in [0.2, 0.25) is 0 Å². The lowest BCUT2D eigenvalue weighted by molar-refractivity contribution is 0.241. The van der Waals surface area contributed by atoms with Gasteiger partial charge in [-0.3, -0.25) is 4.90 Å². The van der Waals surface area contributed by atoms with Gasteiger partial charge in [-0.05, 0) is 36.6 Å². The number of aryl methyl sites for hydroxylation is 1. The van der Waals surface area contributed by atoms with Gasteiger partial charge >= 0.3 is 0 Å². The van der Waals surface area contributed by atoms with Crippen LogP contribution in [-0.2, 0) is 26.2 Å². The van der Waals surface area contributed by atoms with E-state index in [9.17, 15) is 0 Å². The molecule has 0 aliphatic heterocycles. The van der Waals surface area contributed by atoms with Crippen LogP contribution in [0.4, 0.5) is 0 Å². The minimum atomic E-state index is 0.785. The van der Waals surface area contributed by atoms with Crippen LogP contribution in [0.5, 0.6) is 5.75 Å². The molecular formula is C36H39N3O. The third-order valence-electron chi connectivity index (χ3n) is 7.35. The van der Waals surface area contributed by atoms with Crippen molar-refractivity contribution in [2.24, 2.45) is 0 Å². The zero-order valence-electron chi connectivity index (χ0n) is 23.9. The van der Waals surface area contributed by atoms with Gasteiger partial charge in [0.15, 0.2) is 0 Å². The van der Waals surface area contributed by atoms with E-state index in [0.29, 0.717) is 0 Å². The SMILES string of the molecule is CCCCn1c(-c2ccccc2)nc(-c2ccccc2)c1CN(Cc1ccc(C)cc1)Cc1ccc(OC)cc1. The maximum absolute atomic E-state index is 5.41. The molecule has 204 valence electrons. The fourth-order valence-corrected chi connectivity index (χ4v) is 5.16. The van der Waals surface area contributed by atoms with Crippen molar-refractivity contribution in [1.29, 1.82) is 0 Å². The van der Waals surface area contributed by atoms with Crippen LogP contribution in [0.1, 0.15) is 42.1 Å². The highest BCUT2D eigenvalue weighted by molar-refractivity contribution is 5.68. The van der Waals surface area contributed by atoms with E-state index in [4.69, 9.17) is 9.72 Å². The van der Waals surface area contributed by atoms with E-state index in [1.807, 2.05) is 12.1 Å². The second-order valence-electron chi connectivity index (χ2n) is 10.4. The first-order valence-electron chi connectivity index (χ1n) is 14.3. The van der Waals surface area contributed by atoms with E-state index < -0.39 is 0 Å². The van der Waals surface area contributed by atoms with E-state index in [0.717, 1.165) is 67.4 Å². The van der Waals surface area contributed by atoms with E-state index >= 15 is 0 Å². The summed E-state index contributed by atoms with van der Waals surface area (Å²) < 4.78 is 7.88. The highest BCUT2D eigenvalue weighted by Crippen LogP contribution is 2.32. The molecule has 4 heteroatoms. The Morgan fingerprint density at radius 1 is 0.700 bits per heavy atom. The molecule has 0 aliphatic rings. The van der Waals surface area contributed by atoms with Crippen molar-refractivity contribution in [2.75, 3.05) is 7.11 Å². The van der Waals surface area contributed by atoms with Crippen LogP contribution < -0.4 is 4.74 Å². The smallest absolute Gasteiger partial charge is 0.140 e. The molecule has 0 radical (unpaired) electrons. The van der Waals surface area contributed by atoms with Gasteiger partial charge in [0.05, 0.1) is 18.5 Å². The van der Waals surface area contributed by atoms with Crippen LogP contribution in [0.3, 0.4) is 0 Å². The lowest BCUT2D eigenvalue weighted by atomic mass is 10.1. The maximum Gasteiger partial charge on any atom is 0.140 e. The van der Waals surface area contributed by atoms with E-state index in [1.54, 1.807) is 7.11 Å². The molecule has 40 heavy (non-hydrogen) atoms. The lowest BCUT2D eigenvalue weighted by Crippen LogP contribution is -2.24. The average molecular weight is 530 g/mol. The van der Waals surface area contributed by atoms with Gasteiger partial charge in [-0.2, -0.15) is 0 Å². The molecule has 1 aromatic heterocycles. The molecule has 0 N–H and O–H groups in total. The van der Waals surface area contributed by atoms with Gasteiger partial charge in [0.25, 0.3) is 0 Å². The number of nitrogens with zero attached hydrogens (tertiary/aromatic N) is 3. The van der Waals surface area contributed by atoms with Crippen molar-refractivity contribution in [3.8, 4) is 28.4 Å². The second-order valence-corrected chi connectivity index (χ2v) is 10.4. The summed E-state index contributed by atoms with van der Waals surface area (Å²) in [5.74, 6) is 1.92. The Kier molecular flexibility index (Phi) is 9.10. The second kappa shape index (κ2) is 13.3. The molecule has 5 rings (SSSR count). The average Bonchev–Trinajstić information content (AvgIpc) is 3.36. The van der Waals surface area contributed by atoms with Gasteiger partial charge in [0, 0.05) is 37.3 Å². The minimum Gasteiger partial charge on any atom is -0.497 e. The highest BCUT2D eigenvalue weighted by Gasteiger charge is 2.22. The van der Waals surface area contributed by atoms with Crippen LogP contribution >= 0.6 is 0 Å². The summed E-state index contributed by atoms with van der Waals surface area (Å²) in [7, 11) is 1.71. The largest absolute Gasteiger partial charge is 0.497 e. The number of methoxy groups -OCH3 is 1. The zero-order chi connectivity index (χ0) is 27.7. The number of hydrogen-bond acceptors (Lipinski definition) is 3. The molecule has 0 spiro atoms. The van der Waals surface area contributed by atoms with Crippen molar-refractivity contribution in [1.82, 2.24) is 14.5 Å². The number of rotatable bonds is 12. The lowest BCUT2D eigenvalue weighted by Gasteiger charge is -2.25. The molecule has 0 saturated carbocycles. The summed E-state index contributed by atoms with van der Waals surface area (Å²) in [6, 6.07) is 38.6. The number of unbranched alkanes of at least 4 members (excludes halogenated alkanes) is 1. The Morgan fingerprint density at radius 3 is 1.85 bits per heavy atom. The van der Waals surface area contributed by atoms with E-state index in [2.05, 4.69) is 120 Å². The van der Waals surface area contributed by atoms with Crippen LogP contribution in [0, 0.1) is 6.92 Å². The monoisotopic (exact) mass is 529 g/mol. The predicted octanol–water partition coefficient (Wildman–Crippen LogP) is 8.54. The van der Waals surface area contributed by atoms with Gasteiger partial charge in [0.1, 0.15) is 11.6 Å². The molecule has 5 aromatic rings. The number of benzene rings is 4. The maximum atomic E-state index is 5.41. The summed E-state index contributed by atoms with van der Waals surface area (Å²) in [6.07, 6.45) is 2.24.